The molecular formula is C11H16Cl2FN. The smallest absolute Gasteiger partial charge is 0.141 e. The van der Waals surface area contributed by atoms with Crippen LogP contribution in [0.4, 0.5) is 4.39 Å². The topological polar surface area (TPSA) is 26.0 Å². The lowest BCUT2D eigenvalue weighted by molar-refractivity contribution is 0.509. The molecule has 1 aromatic rings. The standard InChI is InChI=1S/C11H15ClFN.ClH/c1-7(2)5-11(14)8-3-4-10(13)9(12)6-8;/h3-4,6-7,11H,5,14H2,1-2H3;1H/t11-;/m0./s1. The van der Waals surface area contributed by atoms with Crippen molar-refractivity contribution in [1.29, 1.82) is 0 Å². The SMILES string of the molecule is CC(C)C[C@H](N)c1ccc(F)c(Cl)c1.Cl. The molecule has 0 heterocycles. The first-order valence-corrected chi connectivity index (χ1v) is 5.09. The number of hydrogen-bond acceptors (Lipinski definition) is 1. The molecule has 1 aromatic carbocycles. The van der Waals surface area contributed by atoms with E-state index in [2.05, 4.69) is 13.8 Å². The molecule has 0 aromatic heterocycles. The molecule has 2 N–H and O–H groups in total. The minimum atomic E-state index is -0.396. The fourth-order valence-electron chi connectivity index (χ4n) is 1.39. The highest BCUT2D eigenvalue weighted by molar-refractivity contribution is 6.30. The van der Waals surface area contributed by atoms with E-state index in [-0.39, 0.29) is 23.5 Å². The Morgan fingerprint density at radius 3 is 2.47 bits per heavy atom. The Bertz CT molecular complexity index is 315. The van der Waals surface area contributed by atoms with E-state index in [9.17, 15) is 4.39 Å². The van der Waals surface area contributed by atoms with Crippen LogP contribution in [-0.2, 0) is 0 Å². The first kappa shape index (κ1) is 14.7. The van der Waals surface area contributed by atoms with E-state index in [1.54, 1.807) is 12.1 Å². The van der Waals surface area contributed by atoms with Crippen molar-refractivity contribution in [3.8, 4) is 0 Å². The van der Waals surface area contributed by atoms with Gasteiger partial charge in [-0.3, -0.25) is 0 Å². The summed E-state index contributed by atoms with van der Waals surface area (Å²) in [4.78, 5) is 0. The third-order valence-corrected chi connectivity index (χ3v) is 2.39. The molecule has 0 aliphatic heterocycles. The van der Waals surface area contributed by atoms with Gasteiger partial charge in [0.15, 0.2) is 0 Å². The molecule has 0 spiro atoms. The molecule has 4 heteroatoms. The Morgan fingerprint density at radius 2 is 2.00 bits per heavy atom. The number of halogens is 3. The quantitative estimate of drug-likeness (QED) is 0.866. The van der Waals surface area contributed by atoms with E-state index in [1.165, 1.54) is 6.07 Å². The molecular weight excluding hydrogens is 236 g/mol. The fraction of sp³-hybridized carbons (Fsp3) is 0.455. The van der Waals surface area contributed by atoms with Gasteiger partial charge in [-0.05, 0) is 30.0 Å². The second-order valence-electron chi connectivity index (χ2n) is 3.91. The lowest BCUT2D eigenvalue weighted by atomic mass is 9.98. The van der Waals surface area contributed by atoms with E-state index in [1.807, 2.05) is 0 Å². The van der Waals surface area contributed by atoms with Crippen molar-refractivity contribution in [2.75, 3.05) is 0 Å². The van der Waals surface area contributed by atoms with Gasteiger partial charge in [-0.1, -0.05) is 31.5 Å². The summed E-state index contributed by atoms with van der Waals surface area (Å²) in [5.41, 5.74) is 6.83. The van der Waals surface area contributed by atoms with Gasteiger partial charge in [0.2, 0.25) is 0 Å². The van der Waals surface area contributed by atoms with E-state index in [0.29, 0.717) is 5.92 Å². The maximum atomic E-state index is 12.9. The van der Waals surface area contributed by atoms with E-state index in [4.69, 9.17) is 17.3 Å². The summed E-state index contributed by atoms with van der Waals surface area (Å²) in [6.45, 7) is 4.20. The van der Waals surface area contributed by atoms with Crippen LogP contribution in [-0.4, -0.2) is 0 Å². The summed E-state index contributed by atoms with van der Waals surface area (Å²) in [6.07, 6.45) is 0.877. The summed E-state index contributed by atoms with van der Waals surface area (Å²) < 4.78 is 12.9. The van der Waals surface area contributed by atoms with Gasteiger partial charge in [-0.25, -0.2) is 4.39 Å². The summed E-state index contributed by atoms with van der Waals surface area (Å²) >= 11 is 5.66. The van der Waals surface area contributed by atoms with Crippen molar-refractivity contribution in [3.05, 3.63) is 34.6 Å². The summed E-state index contributed by atoms with van der Waals surface area (Å²) in [5.74, 6) is 0.126. The number of benzene rings is 1. The van der Waals surface area contributed by atoms with Gasteiger partial charge in [0.05, 0.1) is 5.02 Å². The minimum absolute atomic E-state index is 0. The van der Waals surface area contributed by atoms with Gasteiger partial charge < -0.3 is 5.73 Å². The maximum Gasteiger partial charge on any atom is 0.141 e. The fourth-order valence-corrected chi connectivity index (χ4v) is 1.58. The van der Waals surface area contributed by atoms with Crippen LogP contribution >= 0.6 is 24.0 Å². The molecule has 0 aliphatic carbocycles. The van der Waals surface area contributed by atoms with Crippen molar-refractivity contribution in [2.24, 2.45) is 11.7 Å². The molecule has 0 aliphatic rings. The van der Waals surface area contributed by atoms with Gasteiger partial charge >= 0.3 is 0 Å². The Hall–Kier alpha value is -0.310. The Labute approximate surface area is 101 Å². The lowest BCUT2D eigenvalue weighted by Gasteiger charge is -2.14. The second kappa shape index (κ2) is 6.31. The lowest BCUT2D eigenvalue weighted by Crippen LogP contribution is -2.12. The zero-order chi connectivity index (χ0) is 10.7. The normalized spacial score (nSPS) is 12.4. The highest BCUT2D eigenvalue weighted by atomic mass is 35.5. The third kappa shape index (κ3) is 4.37. The monoisotopic (exact) mass is 251 g/mol. The van der Waals surface area contributed by atoms with Gasteiger partial charge in [0.25, 0.3) is 0 Å². The van der Waals surface area contributed by atoms with E-state index in [0.717, 1.165) is 12.0 Å². The zero-order valence-corrected chi connectivity index (χ0v) is 10.4. The molecule has 1 nitrogen and oxygen atoms in total. The average molecular weight is 252 g/mol. The van der Waals surface area contributed by atoms with Crippen LogP contribution in [0.5, 0.6) is 0 Å². The maximum absolute atomic E-state index is 12.9. The highest BCUT2D eigenvalue weighted by Crippen LogP contribution is 2.23. The molecule has 0 radical (unpaired) electrons. The molecule has 0 bridgehead atoms. The third-order valence-electron chi connectivity index (χ3n) is 2.10. The molecule has 1 rings (SSSR count). The number of nitrogens with two attached hydrogens (primary N) is 1. The molecule has 1 atom stereocenters. The zero-order valence-electron chi connectivity index (χ0n) is 8.84. The highest BCUT2D eigenvalue weighted by Gasteiger charge is 2.10. The second-order valence-corrected chi connectivity index (χ2v) is 4.32. The van der Waals surface area contributed by atoms with E-state index >= 15 is 0 Å². The van der Waals surface area contributed by atoms with Crippen LogP contribution in [0.15, 0.2) is 18.2 Å². The molecule has 0 amide bonds. The van der Waals surface area contributed by atoms with Crippen molar-refractivity contribution in [1.82, 2.24) is 0 Å². The first-order valence-electron chi connectivity index (χ1n) is 4.71. The van der Waals surface area contributed by atoms with Crippen LogP contribution in [0, 0.1) is 11.7 Å². The molecule has 0 saturated heterocycles. The van der Waals surface area contributed by atoms with Crippen LogP contribution in [0.1, 0.15) is 31.9 Å². The Balaban J connectivity index is 0.00000196. The largest absolute Gasteiger partial charge is 0.324 e. The van der Waals surface area contributed by atoms with Crippen molar-refractivity contribution < 1.29 is 4.39 Å². The van der Waals surface area contributed by atoms with Gasteiger partial charge in [0, 0.05) is 6.04 Å². The summed E-state index contributed by atoms with van der Waals surface area (Å²) in [6, 6.07) is 4.59. The van der Waals surface area contributed by atoms with Crippen LogP contribution in [0.25, 0.3) is 0 Å². The van der Waals surface area contributed by atoms with Crippen LogP contribution < -0.4 is 5.73 Å². The first-order chi connectivity index (χ1) is 6.50. The Kier molecular flexibility index (Phi) is 6.18. The molecule has 0 fully saturated rings. The summed E-state index contributed by atoms with van der Waals surface area (Å²) in [5, 5.41) is 0.140. The van der Waals surface area contributed by atoms with Gasteiger partial charge in [0.1, 0.15) is 5.82 Å². The average Bonchev–Trinajstić information content (AvgIpc) is 2.08. The molecule has 15 heavy (non-hydrogen) atoms. The van der Waals surface area contributed by atoms with Crippen LogP contribution in [0.3, 0.4) is 0 Å². The summed E-state index contributed by atoms with van der Waals surface area (Å²) in [7, 11) is 0. The number of rotatable bonds is 3. The van der Waals surface area contributed by atoms with Gasteiger partial charge in [-0.2, -0.15) is 0 Å². The van der Waals surface area contributed by atoms with Crippen molar-refractivity contribution in [2.45, 2.75) is 26.3 Å². The number of hydrogen-bond donors (Lipinski definition) is 1. The minimum Gasteiger partial charge on any atom is -0.324 e. The predicted molar refractivity (Wildman–Crippen MR) is 65.0 cm³/mol. The predicted octanol–water partition coefficient (Wildman–Crippen LogP) is 3.95. The molecule has 86 valence electrons. The molecule has 0 unspecified atom stereocenters. The van der Waals surface area contributed by atoms with Crippen molar-refractivity contribution in [3.63, 3.8) is 0 Å². The van der Waals surface area contributed by atoms with Gasteiger partial charge in [-0.15, -0.1) is 12.4 Å². The molecule has 0 saturated carbocycles. The van der Waals surface area contributed by atoms with Crippen LogP contribution in [0.2, 0.25) is 5.02 Å². The van der Waals surface area contributed by atoms with E-state index < -0.39 is 5.82 Å². The Morgan fingerprint density at radius 1 is 1.40 bits per heavy atom. The van der Waals surface area contributed by atoms with Crippen molar-refractivity contribution >= 4 is 24.0 Å².